The molecule has 0 spiro atoms. The molecular weight excluding hydrogens is 445 g/mol. The van der Waals surface area contributed by atoms with Crippen LogP contribution in [0, 0.1) is 0 Å². The van der Waals surface area contributed by atoms with E-state index in [1.807, 2.05) is 48.6 Å². The maximum absolute atomic E-state index is 13.1. The van der Waals surface area contributed by atoms with E-state index in [1.54, 1.807) is 10.9 Å². The van der Waals surface area contributed by atoms with Gasteiger partial charge in [0, 0.05) is 55.1 Å². The summed E-state index contributed by atoms with van der Waals surface area (Å²) in [7, 11) is 1.87. The first-order chi connectivity index (χ1) is 16.2. The molecule has 3 aromatic rings. The summed E-state index contributed by atoms with van der Waals surface area (Å²) >= 11 is 0. The number of pyridine rings is 1. The number of urea groups is 1. The number of benzene rings is 1. The highest BCUT2D eigenvalue weighted by atomic mass is 19.4. The van der Waals surface area contributed by atoms with Gasteiger partial charge in [0.2, 0.25) is 0 Å². The molecule has 7 nitrogen and oxygen atoms in total. The van der Waals surface area contributed by atoms with Crippen molar-refractivity contribution in [3.63, 3.8) is 0 Å². The molecule has 2 fully saturated rings. The molecular formula is C24H27F3N6O. The Morgan fingerprint density at radius 1 is 1.09 bits per heavy atom. The number of amides is 2. The molecule has 2 aliphatic rings. The highest BCUT2D eigenvalue weighted by molar-refractivity contribution is 5.93. The van der Waals surface area contributed by atoms with Gasteiger partial charge in [-0.15, -0.1) is 0 Å². The normalized spacial score (nSPS) is 22.4. The number of nitrogens with zero attached hydrogens (tertiary/aromatic N) is 4. The van der Waals surface area contributed by atoms with Crippen LogP contribution in [-0.2, 0) is 7.05 Å². The zero-order valence-corrected chi connectivity index (χ0v) is 18.8. The first kappa shape index (κ1) is 22.6. The van der Waals surface area contributed by atoms with Gasteiger partial charge in [-0.25, -0.2) is 9.78 Å². The molecule has 1 unspecified atom stereocenters. The summed E-state index contributed by atoms with van der Waals surface area (Å²) in [5, 5.41) is 12.1. The highest BCUT2D eigenvalue weighted by Crippen LogP contribution is 2.36. The van der Waals surface area contributed by atoms with E-state index in [-0.39, 0.29) is 30.7 Å². The van der Waals surface area contributed by atoms with Crippen molar-refractivity contribution >= 4 is 22.6 Å². The number of aromatic nitrogens is 3. The largest absolute Gasteiger partial charge is 0.390 e. The summed E-state index contributed by atoms with van der Waals surface area (Å²) < 4.78 is 39.1. The zero-order valence-electron chi connectivity index (χ0n) is 18.8. The average Bonchev–Trinajstić information content (AvgIpc) is 3.33. The first-order valence-corrected chi connectivity index (χ1v) is 11.5. The Morgan fingerprint density at radius 2 is 1.85 bits per heavy atom. The highest BCUT2D eigenvalue weighted by Gasteiger charge is 2.43. The number of carbonyl (C=O) groups is 1. The topological polar surface area (TPSA) is 75.1 Å². The molecule has 2 bridgehead atoms. The zero-order chi connectivity index (χ0) is 23.9. The van der Waals surface area contributed by atoms with Crippen molar-refractivity contribution in [3.8, 4) is 11.1 Å². The second kappa shape index (κ2) is 8.90. The summed E-state index contributed by atoms with van der Waals surface area (Å²) in [5.41, 5.74) is 2.04. The number of alkyl halides is 3. The third kappa shape index (κ3) is 4.86. The van der Waals surface area contributed by atoms with Crippen LogP contribution in [0.15, 0.2) is 42.9 Å². The van der Waals surface area contributed by atoms with E-state index in [0.717, 1.165) is 34.7 Å². The lowest BCUT2D eigenvalue weighted by Crippen LogP contribution is -2.53. The predicted molar refractivity (Wildman–Crippen MR) is 123 cm³/mol. The van der Waals surface area contributed by atoms with E-state index in [9.17, 15) is 18.0 Å². The van der Waals surface area contributed by atoms with Crippen LogP contribution in [0.3, 0.4) is 0 Å². The number of fused-ring (bicyclic) bond motifs is 3. The van der Waals surface area contributed by atoms with Gasteiger partial charge in [0.25, 0.3) is 0 Å². The van der Waals surface area contributed by atoms with Crippen LogP contribution in [0.4, 0.5) is 23.8 Å². The lowest BCUT2D eigenvalue weighted by molar-refractivity contribution is -0.133. The summed E-state index contributed by atoms with van der Waals surface area (Å²) in [5.74, 6) is 0.477. The lowest BCUT2D eigenvalue weighted by atomic mass is 9.97. The fourth-order valence-corrected chi connectivity index (χ4v) is 5.23. The molecule has 2 amide bonds. The van der Waals surface area contributed by atoms with Gasteiger partial charge in [-0.2, -0.15) is 18.3 Å². The molecule has 1 aromatic carbocycles. The van der Waals surface area contributed by atoms with Crippen molar-refractivity contribution in [1.82, 2.24) is 25.0 Å². The van der Waals surface area contributed by atoms with Crippen molar-refractivity contribution in [2.75, 3.05) is 11.9 Å². The van der Waals surface area contributed by atoms with Gasteiger partial charge in [-0.1, -0.05) is 12.1 Å². The van der Waals surface area contributed by atoms with E-state index in [4.69, 9.17) is 0 Å². The maximum Gasteiger partial charge on any atom is 0.390 e. The van der Waals surface area contributed by atoms with Gasteiger partial charge in [0.15, 0.2) is 0 Å². The Hall–Kier alpha value is -3.14. The van der Waals surface area contributed by atoms with Crippen LogP contribution < -0.4 is 10.6 Å². The van der Waals surface area contributed by atoms with Crippen molar-refractivity contribution in [2.24, 2.45) is 7.05 Å². The van der Waals surface area contributed by atoms with Crippen molar-refractivity contribution < 1.29 is 18.0 Å². The number of carbonyl (C=O) groups excluding carboxylic acids is 1. The van der Waals surface area contributed by atoms with E-state index in [2.05, 4.69) is 20.7 Å². The minimum atomic E-state index is -4.15. The third-order valence-electron chi connectivity index (χ3n) is 6.80. The molecule has 2 aromatic heterocycles. The SMILES string of the molecule is Cn1cc(-c2ccc3cnc(NC(=O)N4[C@@H]5CC[C@H]4CC(NCCC(F)(F)F)C5)cc3c2)cn1. The van der Waals surface area contributed by atoms with Gasteiger partial charge >= 0.3 is 12.2 Å². The number of aryl methyl sites for hydroxylation is 1. The second-order valence-electron chi connectivity index (χ2n) is 9.24. The van der Waals surface area contributed by atoms with Crippen LogP contribution >= 0.6 is 0 Å². The lowest BCUT2D eigenvalue weighted by Gasteiger charge is -2.39. The Morgan fingerprint density at radius 3 is 2.53 bits per heavy atom. The molecule has 34 heavy (non-hydrogen) atoms. The second-order valence-corrected chi connectivity index (χ2v) is 9.24. The van der Waals surface area contributed by atoms with Gasteiger partial charge in [0.05, 0.1) is 12.6 Å². The summed E-state index contributed by atoms with van der Waals surface area (Å²) in [4.78, 5) is 19.4. The van der Waals surface area contributed by atoms with Gasteiger partial charge in [-0.3, -0.25) is 10.00 Å². The Bertz CT molecular complexity index is 1180. The van der Waals surface area contributed by atoms with Crippen molar-refractivity contribution in [3.05, 3.63) is 42.9 Å². The Labute approximate surface area is 195 Å². The molecule has 10 heteroatoms. The van der Waals surface area contributed by atoms with E-state index in [1.165, 1.54) is 0 Å². The fourth-order valence-electron chi connectivity index (χ4n) is 5.23. The minimum Gasteiger partial charge on any atom is -0.318 e. The summed E-state index contributed by atoms with van der Waals surface area (Å²) in [6.07, 6.45) is 3.58. The molecule has 0 saturated carbocycles. The number of anilines is 1. The molecule has 5 rings (SSSR count). The van der Waals surface area contributed by atoms with Crippen LogP contribution in [0.2, 0.25) is 0 Å². The quantitative estimate of drug-likeness (QED) is 0.564. The molecule has 4 heterocycles. The Kier molecular flexibility index (Phi) is 5.93. The van der Waals surface area contributed by atoms with Gasteiger partial charge in [-0.05, 0) is 48.8 Å². The fraction of sp³-hybridized carbons (Fsp3) is 0.458. The van der Waals surface area contributed by atoms with Crippen LogP contribution in [0.1, 0.15) is 32.1 Å². The average molecular weight is 473 g/mol. The standard InChI is InChI=1S/C24H27F3N6O/c1-32-14-18(13-30-32)15-2-3-16-12-29-22(9-17(16)8-15)31-23(34)33-20-4-5-21(33)11-19(10-20)28-7-6-24(25,26)27/h2-3,8-9,12-14,19-21,28H,4-7,10-11H2,1H3,(H,29,31,34)/t19?,20-,21+. The monoisotopic (exact) mass is 472 g/mol. The van der Waals surface area contributed by atoms with E-state index < -0.39 is 12.6 Å². The number of hydrogen-bond acceptors (Lipinski definition) is 4. The first-order valence-electron chi connectivity index (χ1n) is 11.5. The van der Waals surface area contributed by atoms with Gasteiger partial charge in [0.1, 0.15) is 5.82 Å². The molecule has 180 valence electrons. The summed E-state index contributed by atoms with van der Waals surface area (Å²) in [6, 6.07) is 7.78. The molecule has 3 atom stereocenters. The number of piperidine rings is 1. The number of halogens is 3. The number of hydrogen-bond donors (Lipinski definition) is 2. The Balaban J connectivity index is 1.25. The van der Waals surface area contributed by atoms with Crippen LogP contribution in [-0.4, -0.2) is 56.5 Å². The number of nitrogens with one attached hydrogen (secondary N) is 2. The summed E-state index contributed by atoms with van der Waals surface area (Å²) in [6.45, 7) is -0.0815. The van der Waals surface area contributed by atoms with Crippen molar-refractivity contribution in [1.29, 1.82) is 0 Å². The smallest absolute Gasteiger partial charge is 0.318 e. The van der Waals surface area contributed by atoms with E-state index >= 15 is 0 Å². The molecule has 2 N–H and O–H groups in total. The van der Waals surface area contributed by atoms with E-state index in [0.29, 0.717) is 18.7 Å². The predicted octanol–water partition coefficient (Wildman–Crippen LogP) is 4.70. The third-order valence-corrected chi connectivity index (χ3v) is 6.80. The van der Waals surface area contributed by atoms with Crippen molar-refractivity contribution in [2.45, 2.75) is 56.4 Å². The van der Waals surface area contributed by atoms with Gasteiger partial charge < -0.3 is 10.2 Å². The molecule has 2 aliphatic heterocycles. The van der Waals surface area contributed by atoms with Crippen LogP contribution in [0.5, 0.6) is 0 Å². The molecule has 2 saturated heterocycles. The molecule has 0 radical (unpaired) electrons. The maximum atomic E-state index is 13.1. The number of rotatable bonds is 5. The minimum absolute atomic E-state index is 0.00795. The van der Waals surface area contributed by atoms with Crippen LogP contribution in [0.25, 0.3) is 21.9 Å². The molecule has 0 aliphatic carbocycles.